The summed E-state index contributed by atoms with van der Waals surface area (Å²) in [5, 5.41) is 8.94. The van der Waals surface area contributed by atoms with Crippen LogP contribution in [0.15, 0.2) is 28.7 Å². The fourth-order valence-electron chi connectivity index (χ4n) is 2.50. The van der Waals surface area contributed by atoms with Crippen LogP contribution in [0.1, 0.15) is 0 Å². The topological polar surface area (TPSA) is 49.8 Å². The van der Waals surface area contributed by atoms with Gasteiger partial charge in [0, 0.05) is 24.1 Å². The zero-order chi connectivity index (χ0) is 16.3. The van der Waals surface area contributed by atoms with E-state index in [2.05, 4.69) is 15.9 Å². The van der Waals surface area contributed by atoms with E-state index in [9.17, 15) is 18.0 Å². The van der Waals surface area contributed by atoms with Crippen LogP contribution in [0.25, 0.3) is 0 Å². The Kier molecular flexibility index (Phi) is 5.33. The van der Waals surface area contributed by atoms with Gasteiger partial charge < -0.3 is 9.84 Å². The summed E-state index contributed by atoms with van der Waals surface area (Å²) in [6.07, 6.45) is -4.50. The highest BCUT2D eigenvalue weighted by atomic mass is 79.9. The highest BCUT2D eigenvalue weighted by Gasteiger charge is 2.52. The largest absolute Gasteiger partial charge is 0.492 e. The van der Waals surface area contributed by atoms with E-state index < -0.39 is 24.0 Å². The van der Waals surface area contributed by atoms with Gasteiger partial charge in [0.15, 0.2) is 0 Å². The Morgan fingerprint density at radius 2 is 2.14 bits per heavy atom. The Hall–Kier alpha value is -1.28. The maximum Gasteiger partial charge on any atom is 0.393 e. The van der Waals surface area contributed by atoms with E-state index in [1.807, 2.05) is 6.07 Å². The fourth-order valence-corrected chi connectivity index (χ4v) is 2.88. The van der Waals surface area contributed by atoms with E-state index in [1.54, 1.807) is 18.2 Å². The van der Waals surface area contributed by atoms with Crippen molar-refractivity contribution >= 4 is 21.9 Å². The number of carboxylic acids is 1. The van der Waals surface area contributed by atoms with E-state index in [4.69, 9.17) is 9.84 Å². The Labute approximate surface area is 134 Å². The summed E-state index contributed by atoms with van der Waals surface area (Å²) in [5.41, 5.74) is 0. The first-order valence-electron chi connectivity index (χ1n) is 6.67. The van der Waals surface area contributed by atoms with Crippen molar-refractivity contribution in [3.8, 4) is 5.75 Å². The molecular weight excluding hydrogens is 367 g/mol. The number of rotatable bonds is 5. The number of carbonyl (C=O) groups is 1. The minimum Gasteiger partial charge on any atom is -0.492 e. The van der Waals surface area contributed by atoms with Crippen molar-refractivity contribution in [1.29, 1.82) is 0 Å². The summed E-state index contributed by atoms with van der Waals surface area (Å²) < 4.78 is 44.9. The van der Waals surface area contributed by atoms with Crippen LogP contribution < -0.4 is 4.74 Å². The third-order valence-electron chi connectivity index (χ3n) is 3.61. The normalized spacial score (nSPS) is 22.7. The van der Waals surface area contributed by atoms with Crippen molar-refractivity contribution in [1.82, 2.24) is 4.90 Å². The molecule has 2 rings (SSSR count). The highest BCUT2D eigenvalue weighted by Crippen LogP contribution is 2.37. The van der Waals surface area contributed by atoms with Crippen molar-refractivity contribution in [2.45, 2.75) is 6.18 Å². The molecule has 1 aromatic rings. The maximum atomic E-state index is 12.8. The van der Waals surface area contributed by atoms with E-state index >= 15 is 0 Å². The van der Waals surface area contributed by atoms with Gasteiger partial charge in [-0.25, -0.2) is 0 Å². The van der Waals surface area contributed by atoms with Gasteiger partial charge in [-0.05, 0) is 18.2 Å². The Balaban J connectivity index is 1.88. The third kappa shape index (κ3) is 4.36. The number of halogens is 4. The zero-order valence-corrected chi connectivity index (χ0v) is 13.1. The standard InChI is InChI=1S/C14H15BrF3NO3/c15-9-2-1-3-10(6-9)22-5-4-19-7-11(13(20)21)12(8-19)14(16,17)18/h1-3,6,11-12H,4-5,7-8H2,(H,20,21)/t11-,12-/m1/s1. The summed E-state index contributed by atoms with van der Waals surface area (Å²) >= 11 is 3.29. The first-order valence-corrected chi connectivity index (χ1v) is 7.47. The van der Waals surface area contributed by atoms with Gasteiger partial charge in [-0.3, -0.25) is 9.69 Å². The molecule has 0 radical (unpaired) electrons. The molecule has 1 aliphatic heterocycles. The van der Waals surface area contributed by atoms with E-state index in [0.717, 1.165) is 4.47 Å². The zero-order valence-electron chi connectivity index (χ0n) is 11.5. The van der Waals surface area contributed by atoms with E-state index in [-0.39, 0.29) is 26.2 Å². The molecule has 122 valence electrons. The molecule has 1 N–H and O–H groups in total. The molecule has 0 saturated carbocycles. The van der Waals surface area contributed by atoms with Crippen molar-refractivity contribution in [3.05, 3.63) is 28.7 Å². The molecule has 0 bridgehead atoms. The number of aliphatic carboxylic acids is 1. The molecular formula is C14H15BrF3NO3. The lowest BCUT2D eigenvalue weighted by Crippen LogP contribution is -2.33. The van der Waals surface area contributed by atoms with Crippen LogP contribution >= 0.6 is 15.9 Å². The molecule has 1 heterocycles. The summed E-state index contributed by atoms with van der Waals surface area (Å²) in [6.45, 7) is 0.0416. The molecule has 8 heteroatoms. The average Bonchev–Trinajstić information content (AvgIpc) is 2.83. The van der Waals surface area contributed by atoms with Crippen molar-refractivity contribution in [3.63, 3.8) is 0 Å². The van der Waals surface area contributed by atoms with E-state index in [0.29, 0.717) is 5.75 Å². The van der Waals surface area contributed by atoms with Crippen LogP contribution in [-0.4, -0.2) is 48.4 Å². The van der Waals surface area contributed by atoms with Crippen molar-refractivity contribution in [2.75, 3.05) is 26.2 Å². The lowest BCUT2D eigenvalue weighted by molar-refractivity contribution is -0.188. The lowest BCUT2D eigenvalue weighted by atomic mass is 9.96. The van der Waals surface area contributed by atoms with Gasteiger partial charge in [0.25, 0.3) is 0 Å². The minimum atomic E-state index is -4.50. The SMILES string of the molecule is O=C(O)[C@@H]1CN(CCOc2cccc(Br)c2)C[C@H]1C(F)(F)F. The fraction of sp³-hybridized carbons (Fsp3) is 0.500. The maximum absolute atomic E-state index is 12.8. The van der Waals surface area contributed by atoms with Crippen molar-refractivity contribution in [2.24, 2.45) is 11.8 Å². The second kappa shape index (κ2) is 6.87. The summed E-state index contributed by atoms with van der Waals surface area (Å²) in [5.74, 6) is -4.03. The summed E-state index contributed by atoms with van der Waals surface area (Å²) in [4.78, 5) is 12.5. The highest BCUT2D eigenvalue weighted by molar-refractivity contribution is 9.10. The van der Waals surface area contributed by atoms with Crippen molar-refractivity contribution < 1.29 is 27.8 Å². The van der Waals surface area contributed by atoms with Gasteiger partial charge in [0.05, 0.1) is 11.8 Å². The smallest absolute Gasteiger partial charge is 0.393 e. The first-order chi connectivity index (χ1) is 10.3. The molecule has 1 fully saturated rings. The molecule has 1 aromatic carbocycles. The predicted molar refractivity (Wildman–Crippen MR) is 76.7 cm³/mol. The quantitative estimate of drug-likeness (QED) is 0.851. The number of nitrogens with zero attached hydrogens (tertiary/aromatic N) is 1. The lowest BCUT2D eigenvalue weighted by Gasteiger charge is -2.18. The number of ether oxygens (including phenoxy) is 1. The summed E-state index contributed by atoms with van der Waals surface area (Å²) in [6, 6.07) is 7.12. The van der Waals surface area contributed by atoms with Crippen LogP contribution in [-0.2, 0) is 4.79 Å². The molecule has 22 heavy (non-hydrogen) atoms. The number of carboxylic acid groups (broad SMARTS) is 1. The van der Waals surface area contributed by atoms with Crippen LogP contribution in [0.2, 0.25) is 0 Å². The molecule has 2 atom stereocenters. The van der Waals surface area contributed by atoms with Gasteiger partial charge in [0.2, 0.25) is 0 Å². The number of likely N-dealkylation sites (tertiary alicyclic amines) is 1. The number of hydrogen-bond acceptors (Lipinski definition) is 3. The second-order valence-electron chi connectivity index (χ2n) is 5.16. The second-order valence-corrected chi connectivity index (χ2v) is 6.07. The number of hydrogen-bond donors (Lipinski definition) is 1. The molecule has 0 unspecified atom stereocenters. The monoisotopic (exact) mass is 381 g/mol. The molecule has 4 nitrogen and oxygen atoms in total. The van der Waals surface area contributed by atoms with Gasteiger partial charge in [-0.1, -0.05) is 22.0 Å². The Morgan fingerprint density at radius 3 is 2.68 bits per heavy atom. The van der Waals surface area contributed by atoms with Gasteiger partial charge >= 0.3 is 12.1 Å². The minimum absolute atomic E-state index is 0.110. The van der Waals surface area contributed by atoms with Gasteiger partial charge in [-0.15, -0.1) is 0 Å². The third-order valence-corrected chi connectivity index (χ3v) is 4.10. The molecule has 1 saturated heterocycles. The molecule has 0 aromatic heterocycles. The van der Waals surface area contributed by atoms with Gasteiger partial charge in [-0.2, -0.15) is 13.2 Å². The summed E-state index contributed by atoms with van der Waals surface area (Å²) in [7, 11) is 0. The number of alkyl halides is 3. The van der Waals surface area contributed by atoms with Crippen LogP contribution in [0.5, 0.6) is 5.75 Å². The Morgan fingerprint density at radius 1 is 1.41 bits per heavy atom. The Bertz CT molecular complexity index is 538. The van der Waals surface area contributed by atoms with Gasteiger partial charge in [0.1, 0.15) is 12.4 Å². The molecule has 1 aliphatic rings. The van der Waals surface area contributed by atoms with E-state index in [1.165, 1.54) is 4.90 Å². The molecule has 0 amide bonds. The van der Waals surface area contributed by atoms with Crippen LogP contribution in [0, 0.1) is 11.8 Å². The first kappa shape index (κ1) is 17.1. The predicted octanol–water partition coefficient (Wildman–Crippen LogP) is 3.02. The van der Waals surface area contributed by atoms with Crippen LogP contribution in [0.4, 0.5) is 13.2 Å². The molecule has 0 spiro atoms. The average molecular weight is 382 g/mol. The van der Waals surface area contributed by atoms with Crippen LogP contribution in [0.3, 0.4) is 0 Å². The molecule has 0 aliphatic carbocycles. The number of benzene rings is 1.